The summed E-state index contributed by atoms with van der Waals surface area (Å²) in [7, 11) is 1.71. The standard InChI is InChI=1S/C13H19ClN6/c1-3-9-4-6-13(8-15,7-5-9)20-12-18-10(14)17-11(16-2)19-12/h9H,3-7H2,1-2H3,(H2,16,17,18,19,20). The molecule has 0 amide bonds. The number of hydrogen-bond donors (Lipinski definition) is 2. The maximum Gasteiger partial charge on any atom is 0.230 e. The second kappa shape index (κ2) is 6.23. The van der Waals surface area contributed by atoms with E-state index in [0.717, 1.165) is 25.7 Å². The van der Waals surface area contributed by atoms with E-state index in [4.69, 9.17) is 11.6 Å². The lowest BCUT2D eigenvalue weighted by Gasteiger charge is -2.35. The molecule has 1 aliphatic carbocycles. The number of hydrogen-bond acceptors (Lipinski definition) is 6. The molecule has 0 spiro atoms. The van der Waals surface area contributed by atoms with Gasteiger partial charge in [0.25, 0.3) is 0 Å². The van der Waals surface area contributed by atoms with Gasteiger partial charge < -0.3 is 10.6 Å². The van der Waals surface area contributed by atoms with Crippen LogP contribution in [0.3, 0.4) is 0 Å². The van der Waals surface area contributed by atoms with Crippen LogP contribution in [0, 0.1) is 17.2 Å². The van der Waals surface area contributed by atoms with E-state index in [1.54, 1.807) is 7.05 Å². The van der Waals surface area contributed by atoms with Gasteiger partial charge >= 0.3 is 0 Å². The van der Waals surface area contributed by atoms with Crippen LogP contribution >= 0.6 is 11.6 Å². The van der Waals surface area contributed by atoms with Crippen molar-refractivity contribution < 1.29 is 0 Å². The van der Waals surface area contributed by atoms with Gasteiger partial charge in [-0.25, -0.2) is 0 Å². The Labute approximate surface area is 124 Å². The summed E-state index contributed by atoms with van der Waals surface area (Å²) in [5.74, 6) is 1.46. The molecule has 0 unspecified atom stereocenters. The van der Waals surface area contributed by atoms with Crippen molar-refractivity contribution in [2.75, 3.05) is 17.7 Å². The third-order valence-corrected chi connectivity index (χ3v) is 4.10. The highest BCUT2D eigenvalue weighted by molar-refractivity contribution is 6.28. The lowest BCUT2D eigenvalue weighted by Crippen LogP contribution is -2.41. The summed E-state index contributed by atoms with van der Waals surface area (Å²) >= 11 is 5.86. The van der Waals surface area contributed by atoms with Gasteiger partial charge in [0.15, 0.2) is 0 Å². The highest BCUT2D eigenvalue weighted by atomic mass is 35.5. The largest absolute Gasteiger partial charge is 0.357 e. The SMILES string of the molecule is CCC1CCC(C#N)(Nc2nc(Cl)nc(NC)n2)CC1. The van der Waals surface area contributed by atoms with Crippen LogP contribution in [-0.4, -0.2) is 27.5 Å². The van der Waals surface area contributed by atoms with Crippen molar-refractivity contribution in [3.8, 4) is 6.07 Å². The van der Waals surface area contributed by atoms with Gasteiger partial charge in [0.1, 0.15) is 5.54 Å². The minimum atomic E-state index is -0.596. The number of nitriles is 1. The Balaban J connectivity index is 2.15. The summed E-state index contributed by atoms with van der Waals surface area (Å²) in [5, 5.41) is 15.6. The first-order valence-electron chi connectivity index (χ1n) is 6.89. The molecule has 2 N–H and O–H groups in total. The number of nitrogens with zero attached hydrogens (tertiary/aromatic N) is 4. The predicted octanol–water partition coefficient (Wildman–Crippen LogP) is 2.84. The lowest BCUT2D eigenvalue weighted by molar-refractivity contribution is 0.289. The van der Waals surface area contributed by atoms with Crippen LogP contribution in [0.1, 0.15) is 39.0 Å². The fraction of sp³-hybridized carbons (Fsp3) is 0.692. The molecule has 1 saturated carbocycles. The summed E-state index contributed by atoms with van der Waals surface area (Å²) in [5.41, 5.74) is -0.596. The van der Waals surface area contributed by atoms with Gasteiger partial charge in [-0.3, -0.25) is 0 Å². The molecule has 1 aliphatic rings. The monoisotopic (exact) mass is 294 g/mol. The molecule has 1 heterocycles. The minimum absolute atomic E-state index is 0.113. The summed E-state index contributed by atoms with van der Waals surface area (Å²) in [6.45, 7) is 2.20. The van der Waals surface area contributed by atoms with Gasteiger partial charge in [0.2, 0.25) is 17.2 Å². The van der Waals surface area contributed by atoms with Crippen LogP contribution in [0.25, 0.3) is 0 Å². The van der Waals surface area contributed by atoms with E-state index >= 15 is 0 Å². The molecular weight excluding hydrogens is 276 g/mol. The summed E-state index contributed by atoms with van der Waals surface area (Å²) in [4.78, 5) is 12.2. The van der Waals surface area contributed by atoms with E-state index < -0.39 is 5.54 Å². The van der Waals surface area contributed by atoms with Crippen LogP contribution < -0.4 is 10.6 Å². The number of aromatic nitrogens is 3. The highest BCUT2D eigenvalue weighted by Crippen LogP contribution is 2.35. The minimum Gasteiger partial charge on any atom is -0.357 e. The molecule has 0 bridgehead atoms. The Bertz CT molecular complexity index is 504. The molecule has 0 atom stereocenters. The lowest BCUT2D eigenvalue weighted by atomic mass is 9.76. The van der Waals surface area contributed by atoms with Gasteiger partial charge in [-0.1, -0.05) is 13.3 Å². The van der Waals surface area contributed by atoms with E-state index in [9.17, 15) is 5.26 Å². The van der Waals surface area contributed by atoms with Crippen LogP contribution in [-0.2, 0) is 0 Å². The molecule has 108 valence electrons. The molecule has 6 nitrogen and oxygen atoms in total. The van der Waals surface area contributed by atoms with Crippen LogP contribution in [0.4, 0.5) is 11.9 Å². The van der Waals surface area contributed by atoms with Crippen molar-refractivity contribution >= 4 is 23.5 Å². The zero-order valence-electron chi connectivity index (χ0n) is 11.8. The third-order valence-electron chi connectivity index (χ3n) is 3.93. The van der Waals surface area contributed by atoms with Crippen molar-refractivity contribution in [2.24, 2.45) is 5.92 Å². The van der Waals surface area contributed by atoms with Crippen molar-refractivity contribution in [3.05, 3.63) is 5.28 Å². The van der Waals surface area contributed by atoms with Crippen molar-refractivity contribution in [1.29, 1.82) is 5.26 Å². The third kappa shape index (κ3) is 3.28. The number of rotatable bonds is 4. The Hall–Kier alpha value is -1.61. The van der Waals surface area contributed by atoms with Gasteiger partial charge in [0.05, 0.1) is 6.07 Å². The molecule has 7 heteroatoms. The predicted molar refractivity (Wildman–Crippen MR) is 78.6 cm³/mol. The second-order valence-corrected chi connectivity index (χ2v) is 5.51. The molecule has 0 aliphatic heterocycles. The Morgan fingerprint density at radius 3 is 2.50 bits per heavy atom. The highest BCUT2D eigenvalue weighted by Gasteiger charge is 2.35. The van der Waals surface area contributed by atoms with E-state index in [2.05, 4.69) is 38.6 Å². The normalized spacial score (nSPS) is 25.8. The average molecular weight is 295 g/mol. The molecule has 0 aromatic carbocycles. The summed E-state index contributed by atoms with van der Waals surface area (Å²) < 4.78 is 0. The molecule has 1 fully saturated rings. The Morgan fingerprint density at radius 1 is 1.30 bits per heavy atom. The Morgan fingerprint density at radius 2 is 1.95 bits per heavy atom. The molecular formula is C13H19ClN6. The quantitative estimate of drug-likeness (QED) is 0.888. The maximum absolute atomic E-state index is 9.53. The summed E-state index contributed by atoms with van der Waals surface area (Å²) in [6, 6.07) is 2.39. The maximum atomic E-state index is 9.53. The number of nitrogens with one attached hydrogen (secondary N) is 2. The zero-order chi connectivity index (χ0) is 14.6. The van der Waals surface area contributed by atoms with Crippen LogP contribution in [0.15, 0.2) is 0 Å². The van der Waals surface area contributed by atoms with Gasteiger partial charge in [-0.2, -0.15) is 20.2 Å². The number of anilines is 2. The van der Waals surface area contributed by atoms with Gasteiger partial charge in [-0.05, 0) is 43.2 Å². The van der Waals surface area contributed by atoms with Gasteiger partial charge in [-0.15, -0.1) is 0 Å². The number of halogens is 1. The molecule has 1 aromatic rings. The average Bonchev–Trinajstić information content (AvgIpc) is 2.47. The summed E-state index contributed by atoms with van der Waals surface area (Å²) in [6.07, 6.45) is 4.88. The van der Waals surface area contributed by atoms with E-state index in [-0.39, 0.29) is 5.28 Å². The van der Waals surface area contributed by atoms with Crippen LogP contribution in [0.2, 0.25) is 5.28 Å². The first-order chi connectivity index (χ1) is 9.60. The van der Waals surface area contributed by atoms with Crippen molar-refractivity contribution in [1.82, 2.24) is 15.0 Å². The van der Waals surface area contributed by atoms with E-state index in [1.807, 2.05) is 0 Å². The topological polar surface area (TPSA) is 86.5 Å². The molecule has 2 rings (SSSR count). The fourth-order valence-corrected chi connectivity index (χ4v) is 2.74. The van der Waals surface area contributed by atoms with E-state index in [0.29, 0.717) is 17.8 Å². The molecule has 20 heavy (non-hydrogen) atoms. The fourth-order valence-electron chi connectivity index (χ4n) is 2.58. The van der Waals surface area contributed by atoms with Crippen LogP contribution in [0.5, 0.6) is 0 Å². The smallest absolute Gasteiger partial charge is 0.230 e. The van der Waals surface area contributed by atoms with Crippen molar-refractivity contribution in [2.45, 2.75) is 44.6 Å². The molecule has 1 aromatic heterocycles. The van der Waals surface area contributed by atoms with E-state index in [1.165, 1.54) is 6.42 Å². The molecule has 0 radical (unpaired) electrons. The van der Waals surface area contributed by atoms with Crippen molar-refractivity contribution in [3.63, 3.8) is 0 Å². The first kappa shape index (κ1) is 14.8. The van der Waals surface area contributed by atoms with Gasteiger partial charge in [0, 0.05) is 7.05 Å². The Kier molecular flexibility index (Phi) is 4.61. The molecule has 0 saturated heterocycles. The zero-order valence-corrected chi connectivity index (χ0v) is 12.5. The second-order valence-electron chi connectivity index (χ2n) is 5.17. The first-order valence-corrected chi connectivity index (χ1v) is 7.27.